The van der Waals surface area contributed by atoms with Crippen molar-refractivity contribution in [2.24, 2.45) is 5.92 Å². The third-order valence-corrected chi connectivity index (χ3v) is 6.99. The summed E-state index contributed by atoms with van der Waals surface area (Å²) < 4.78 is 46.0. The minimum Gasteiger partial charge on any atom is -0.374 e. The standard InChI is InChI=1S/C22H28F3NOS/c1-3-20(28-21-11-7-6-10-18(21)22(23,24)25)19-15-26(12-13-27-19)14-17-9-5-4-8-16(17)2/h4-7,9-11,16,19-20H,3,8,12-15H2,1-2H3. The molecule has 3 unspecified atom stereocenters. The second-order valence-electron chi connectivity index (χ2n) is 7.51. The maximum absolute atomic E-state index is 13.3. The van der Waals surface area contributed by atoms with E-state index in [1.54, 1.807) is 12.1 Å². The highest BCUT2D eigenvalue weighted by Gasteiger charge is 2.35. The van der Waals surface area contributed by atoms with Crippen molar-refractivity contribution in [2.75, 3.05) is 26.2 Å². The minimum atomic E-state index is -4.33. The zero-order valence-corrected chi connectivity index (χ0v) is 17.2. The molecule has 1 aromatic carbocycles. The molecule has 1 saturated heterocycles. The molecule has 0 aromatic heterocycles. The molecule has 0 N–H and O–H groups in total. The Morgan fingerprint density at radius 3 is 2.79 bits per heavy atom. The molecule has 0 saturated carbocycles. The van der Waals surface area contributed by atoms with E-state index in [0.717, 1.165) is 38.5 Å². The Morgan fingerprint density at radius 1 is 1.29 bits per heavy atom. The predicted molar refractivity (Wildman–Crippen MR) is 109 cm³/mol. The number of thioether (sulfide) groups is 1. The average molecular weight is 412 g/mol. The third-order valence-electron chi connectivity index (χ3n) is 5.44. The number of alkyl halides is 3. The zero-order valence-electron chi connectivity index (χ0n) is 16.4. The van der Waals surface area contributed by atoms with E-state index in [9.17, 15) is 13.2 Å². The summed E-state index contributed by atoms with van der Waals surface area (Å²) in [7, 11) is 0. The first-order chi connectivity index (χ1) is 13.4. The van der Waals surface area contributed by atoms with E-state index in [4.69, 9.17) is 4.74 Å². The normalized spacial score (nSPS) is 24.8. The van der Waals surface area contributed by atoms with Gasteiger partial charge in [-0.05, 0) is 30.9 Å². The summed E-state index contributed by atoms with van der Waals surface area (Å²) in [5.41, 5.74) is 0.866. The molecule has 1 fully saturated rings. The van der Waals surface area contributed by atoms with Crippen molar-refractivity contribution in [1.82, 2.24) is 4.90 Å². The molecule has 2 aliphatic rings. The van der Waals surface area contributed by atoms with E-state index in [1.807, 2.05) is 6.92 Å². The van der Waals surface area contributed by atoms with Crippen LogP contribution in [0.1, 0.15) is 32.3 Å². The lowest BCUT2D eigenvalue weighted by atomic mass is 9.93. The van der Waals surface area contributed by atoms with E-state index in [1.165, 1.54) is 23.4 Å². The van der Waals surface area contributed by atoms with Crippen molar-refractivity contribution in [3.05, 3.63) is 53.6 Å². The molecule has 0 amide bonds. The van der Waals surface area contributed by atoms with Gasteiger partial charge < -0.3 is 4.74 Å². The molecule has 3 atom stereocenters. The zero-order chi connectivity index (χ0) is 20.1. The van der Waals surface area contributed by atoms with Crippen LogP contribution in [0.25, 0.3) is 0 Å². The maximum atomic E-state index is 13.3. The summed E-state index contributed by atoms with van der Waals surface area (Å²) in [4.78, 5) is 2.67. The highest BCUT2D eigenvalue weighted by Crippen LogP contribution is 2.40. The fraction of sp³-hybridized carbons (Fsp3) is 0.545. The van der Waals surface area contributed by atoms with Crippen LogP contribution in [-0.2, 0) is 10.9 Å². The lowest BCUT2D eigenvalue weighted by Crippen LogP contribution is -2.47. The molecule has 0 radical (unpaired) electrons. The lowest BCUT2D eigenvalue weighted by Gasteiger charge is -2.38. The molecule has 3 rings (SSSR count). The van der Waals surface area contributed by atoms with Gasteiger partial charge in [0.25, 0.3) is 0 Å². The molecule has 6 heteroatoms. The van der Waals surface area contributed by atoms with Crippen molar-refractivity contribution in [2.45, 2.75) is 49.1 Å². The monoisotopic (exact) mass is 411 g/mol. The van der Waals surface area contributed by atoms with Crippen LogP contribution < -0.4 is 0 Å². The second kappa shape index (κ2) is 9.51. The van der Waals surface area contributed by atoms with Crippen LogP contribution in [0.3, 0.4) is 0 Å². The first-order valence-electron chi connectivity index (χ1n) is 9.91. The van der Waals surface area contributed by atoms with Gasteiger partial charge in [-0.3, -0.25) is 4.90 Å². The Labute approximate surface area is 169 Å². The highest BCUT2D eigenvalue weighted by molar-refractivity contribution is 8.00. The quantitative estimate of drug-likeness (QED) is 0.549. The number of morpholine rings is 1. The van der Waals surface area contributed by atoms with Crippen LogP contribution in [0, 0.1) is 5.92 Å². The van der Waals surface area contributed by atoms with Gasteiger partial charge in [0.15, 0.2) is 0 Å². The predicted octanol–water partition coefficient (Wildman–Crippen LogP) is 5.80. The highest BCUT2D eigenvalue weighted by atomic mass is 32.2. The van der Waals surface area contributed by atoms with Gasteiger partial charge in [-0.1, -0.05) is 49.8 Å². The van der Waals surface area contributed by atoms with Crippen LogP contribution in [0.2, 0.25) is 0 Å². The molecule has 28 heavy (non-hydrogen) atoms. The summed E-state index contributed by atoms with van der Waals surface area (Å²) in [6.07, 6.45) is 3.94. The van der Waals surface area contributed by atoms with Crippen molar-refractivity contribution in [3.8, 4) is 0 Å². The molecule has 0 spiro atoms. The van der Waals surface area contributed by atoms with Crippen molar-refractivity contribution < 1.29 is 17.9 Å². The molecule has 2 nitrogen and oxygen atoms in total. The van der Waals surface area contributed by atoms with Gasteiger partial charge in [0.1, 0.15) is 0 Å². The molecule has 0 bridgehead atoms. The molecule has 1 heterocycles. The molecule has 1 aliphatic carbocycles. The number of rotatable bonds is 6. The second-order valence-corrected chi connectivity index (χ2v) is 8.79. The number of hydrogen-bond acceptors (Lipinski definition) is 3. The van der Waals surface area contributed by atoms with Crippen LogP contribution >= 0.6 is 11.8 Å². The summed E-state index contributed by atoms with van der Waals surface area (Å²) in [6, 6.07) is 5.84. The Kier molecular flexibility index (Phi) is 7.29. The van der Waals surface area contributed by atoms with E-state index < -0.39 is 11.7 Å². The number of nitrogens with zero attached hydrogens (tertiary/aromatic N) is 1. The molecule has 154 valence electrons. The van der Waals surface area contributed by atoms with Crippen LogP contribution in [0.15, 0.2) is 53.0 Å². The summed E-state index contributed by atoms with van der Waals surface area (Å²) >= 11 is 1.30. The maximum Gasteiger partial charge on any atom is 0.417 e. The first kappa shape index (κ1) is 21.5. The van der Waals surface area contributed by atoms with E-state index in [0.29, 0.717) is 12.5 Å². The fourth-order valence-corrected chi connectivity index (χ4v) is 5.02. The smallest absolute Gasteiger partial charge is 0.374 e. The third kappa shape index (κ3) is 5.43. The Morgan fingerprint density at radius 2 is 2.07 bits per heavy atom. The van der Waals surface area contributed by atoms with E-state index in [-0.39, 0.29) is 16.2 Å². The average Bonchev–Trinajstić information content (AvgIpc) is 2.68. The lowest BCUT2D eigenvalue weighted by molar-refractivity contribution is -0.139. The SMILES string of the molecule is CCC(Sc1ccccc1C(F)(F)F)C1CN(CC2=CC=CCC2C)CCO1. The minimum absolute atomic E-state index is 0.0102. The molecular formula is C22H28F3NOS. The summed E-state index contributed by atoms with van der Waals surface area (Å²) in [5, 5.41) is -0.0102. The summed E-state index contributed by atoms with van der Waals surface area (Å²) in [6.45, 7) is 7.42. The Bertz CT molecular complexity index is 716. The number of benzene rings is 1. The van der Waals surface area contributed by atoms with E-state index in [2.05, 4.69) is 30.1 Å². The van der Waals surface area contributed by atoms with Gasteiger partial charge in [0.2, 0.25) is 0 Å². The fourth-order valence-electron chi connectivity index (χ4n) is 3.75. The first-order valence-corrected chi connectivity index (χ1v) is 10.8. The van der Waals surface area contributed by atoms with Gasteiger partial charge in [0, 0.05) is 29.8 Å². The van der Waals surface area contributed by atoms with Crippen LogP contribution in [0.4, 0.5) is 13.2 Å². The summed E-state index contributed by atoms with van der Waals surface area (Å²) in [5.74, 6) is 0.543. The van der Waals surface area contributed by atoms with Gasteiger partial charge in [0.05, 0.1) is 18.3 Å². The Balaban J connectivity index is 1.68. The van der Waals surface area contributed by atoms with Crippen molar-refractivity contribution >= 4 is 11.8 Å². The van der Waals surface area contributed by atoms with E-state index >= 15 is 0 Å². The number of allylic oxidation sites excluding steroid dienone is 3. The molecular weight excluding hydrogens is 383 g/mol. The van der Waals surface area contributed by atoms with Gasteiger partial charge >= 0.3 is 6.18 Å². The topological polar surface area (TPSA) is 12.5 Å². The van der Waals surface area contributed by atoms with Crippen molar-refractivity contribution in [1.29, 1.82) is 0 Å². The molecule has 1 aliphatic heterocycles. The Hall–Kier alpha value is -1.24. The van der Waals surface area contributed by atoms with Crippen molar-refractivity contribution in [3.63, 3.8) is 0 Å². The molecule has 1 aromatic rings. The number of halogens is 3. The van der Waals surface area contributed by atoms with Gasteiger partial charge in [-0.2, -0.15) is 13.2 Å². The van der Waals surface area contributed by atoms with Crippen LogP contribution in [0.5, 0.6) is 0 Å². The largest absolute Gasteiger partial charge is 0.417 e. The van der Waals surface area contributed by atoms with Gasteiger partial charge in [-0.15, -0.1) is 11.8 Å². The number of hydrogen-bond donors (Lipinski definition) is 0. The van der Waals surface area contributed by atoms with Crippen LogP contribution in [-0.4, -0.2) is 42.5 Å². The number of ether oxygens (including phenoxy) is 1. The van der Waals surface area contributed by atoms with Gasteiger partial charge in [-0.25, -0.2) is 0 Å².